The van der Waals surface area contributed by atoms with Gasteiger partial charge in [0, 0.05) is 12.6 Å². The Morgan fingerprint density at radius 2 is 2.17 bits per heavy atom. The molecule has 0 aromatic heterocycles. The van der Waals surface area contributed by atoms with E-state index in [9.17, 15) is 9.90 Å². The molecule has 0 aliphatic heterocycles. The first-order chi connectivity index (χ1) is 8.61. The van der Waals surface area contributed by atoms with E-state index in [1.807, 2.05) is 0 Å². The van der Waals surface area contributed by atoms with Crippen LogP contribution in [0.25, 0.3) is 0 Å². The quantitative estimate of drug-likeness (QED) is 0.563. The van der Waals surface area contributed by atoms with Crippen molar-refractivity contribution in [3.63, 3.8) is 0 Å². The van der Waals surface area contributed by atoms with Crippen molar-refractivity contribution < 1.29 is 14.6 Å². The topological polar surface area (TPSA) is 58.6 Å². The van der Waals surface area contributed by atoms with Gasteiger partial charge in [-0.3, -0.25) is 4.79 Å². The molecule has 0 aromatic carbocycles. The second-order valence-electron chi connectivity index (χ2n) is 5.38. The Labute approximate surface area is 110 Å². The van der Waals surface area contributed by atoms with Crippen molar-refractivity contribution in [3.8, 4) is 0 Å². The van der Waals surface area contributed by atoms with Crippen LogP contribution >= 0.6 is 0 Å². The molecule has 2 N–H and O–H groups in total. The summed E-state index contributed by atoms with van der Waals surface area (Å²) in [5.41, 5.74) is 0. The van der Waals surface area contributed by atoms with Crippen LogP contribution in [0.5, 0.6) is 0 Å². The molecule has 3 unspecified atom stereocenters. The molecule has 1 saturated carbocycles. The molecule has 0 saturated heterocycles. The summed E-state index contributed by atoms with van der Waals surface area (Å²) in [4.78, 5) is 11.2. The SMILES string of the molecule is CCOC(=O)CC(O)CNC1CCCC(C)CC1. The van der Waals surface area contributed by atoms with E-state index in [4.69, 9.17) is 4.74 Å². The van der Waals surface area contributed by atoms with E-state index in [1.165, 1.54) is 32.1 Å². The van der Waals surface area contributed by atoms with Gasteiger partial charge in [-0.05, 0) is 32.1 Å². The number of hydrogen-bond donors (Lipinski definition) is 2. The van der Waals surface area contributed by atoms with Crippen molar-refractivity contribution in [1.29, 1.82) is 0 Å². The van der Waals surface area contributed by atoms with Crippen LogP contribution in [0.1, 0.15) is 52.4 Å². The zero-order chi connectivity index (χ0) is 13.4. The van der Waals surface area contributed by atoms with Gasteiger partial charge in [0.15, 0.2) is 0 Å². The summed E-state index contributed by atoms with van der Waals surface area (Å²) in [6.45, 7) is 4.94. The molecule has 0 aromatic rings. The molecule has 4 nitrogen and oxygen atoms in total. The molecule has 0 radical (unpaired) electrons. The molecular formula is C14H27NO3. The molecule has 3 atom stereocenters. The normalized spacial score (nSPS) is 26.4. The van der Waals surface area contributed by atoms with Gasteiger partial charge in [0.1, 0.15) is 0 Å². The van der Waals surface area contributed by atoms with Crippen LogP contribution in [0.3, 0.4) is 0 Å². The molecule has 1 fully saturated rings. The Balaban J connectivity index is 2.17. The number of nitrogens with one attached hydrogen (secondary N) is 1. The van der Waals surface area contributed by atoms with E-state index in [0.29, 0.717) is 19.2 Å². The highest BCUT2D eigenvalue weighted by molar-refractivity contribution is 5.69. The van der Waals surface area contributed by atoms with E-state index >= 15 is 0 Å². The summed E-state index contributed by atoms with van der Waals surface area (Å²) >= 11 is 0. The Bertz CT molecular complexity index is 245. The third-order valence-electron chi connectivity index (χ3n) is 3.61. The van der Waals surface area contributed by atoms with Gasteiger partial charge in [0.25, 0.3) is 0 Å². The van der Waals surface area contributed by atoms with Gasteiger partial charge in [-0.15, -0.1) is 0 Å². The number of hydrogen-bond acceptors (Lipinski definition) is 4. The van der Waals surface area contributed by atoms with Crippen molar-refractivity contribution in [1.82, 2.24) is 5.32 Å². The van der Waals surface area contributed by atoms with Crippen LogP contribution in [0.2, 0.25) is 0 Å². The van der Waals surface area contributed by atoms with Crippen molar-refractivity contribution >= 4 is 5.97 Å². The highest BCUT2D eigenvalue weighted by Gasteiger charge is 2.18. The van der Waals surface area contributed by atoms with E-state index < -0.39 is 6.10 Å². The van der Waals surface area contributed by atoms with E-state index in [-0.39, 0.29) is 12.4 Å². The summed E-state index contributed by atoms with van der Waals surface area (Å²) in [6, 6.07) is 0.492. The molecule has 1 aliphatic rings. The zero-order valence-corrected chi connectivity index (χ0v) is 11.7. The number of carbonyl (C=O) groups excluding carboxylic acids is 1. The fourth-order valence-electron chi connectivity index (χ4n) is 2.48. The third kappa shape index (κ3) is 6.36. The second-order valence-corrected chi connectivity index (χ2v) is 5.38. The Morgan fingerprint density at radius 3 is 2.89 bits per heavy atom. The van der Waals surface area contributed by atoms with Gasteiger partial charge < -0.3 is 15.2 Å². The van der Waals surface area contributed by atoms with E-state index in [2.05, 4.69) is 12.2 Å². The van der Waals surface area contributed by atoms with Crippen molar-refractivity contribution in [3.05, 3.63) is 0 Å². The van der Waals surface area contributed by atoms with Crippen LogP contribution in [0.4, 0.5) is 0 Å². The number of ether oxygens (including phenoxy) is 1. The highest BCUT2D eigenvalue weighted by atomic mass is 16.5. The lowest BCUT2D eigenvalue weighted by Gasteiger charge is -2.18. The second kappa shape index (κ2) is 8.48. The molecule has 0 heterocycles. The zero-order valence-electron chi connectivity index (χ0n) is 11.7. The van der Waals surface area contributed by atoms with E-state index in [0.717, 1.165) is 5.92 Å². The highest BCUT2D eigenvalue weighted by Crippen LogP contribution is 2.22. The predicted molar refractivity (Wildman–Crippen MR) is 71.3 cm³/mol. The van der Waals surface area contributed by atoms with Gasteiger partial charge in [-0.25, -0.2) is 0 Å². The van der Waals surface area contributed by atoms with Crippen LogP contribution in [-0.2, 0) is 9.53 Å². The molecule has 0 amide bonds. The lowest BCUT2D eigenvalue weighted by molar-refractivity contribution is -0.145. The van der Waals surface area contributed by atoms with Crippen LogP contribution < -0.4 is 5.32 Å². The maximum absolute atomic E-state index is 11.2. The number of aliphatic hydroxyl groups is 1. The summed E-state index contributed by atoms with van der Waals surface area (Å²) in [5, 5.41) is 13.1. The molecule has 106 valence electrons. The molecule has 18 heavy (non-hydrogen) atoms. The van der Waals surface area contributed by atoms with Crippen molar-refractivity contribution in [2.75, 3.05) is 13.2 Å². The van der Waals surface area contributed by atoms with Gasteiger partial charge in [0.05, 0.1) is 19.1 Å². The smallest absolute Gasteiger partial charge is 0.308 e. The molecule has 0 bridgehead atoms. The standard InChI is InChI=1S/C14H27NO3/c1-3-18-14(17)9-13(16)10-15-12-6-4-5-11(2)7-8-12/h11-13,15-16H,3-10H2,1-2H3. The van der Waals surface area contributed by atoms with Gasteiger partial charge in [0.2, 0.25) is 0 Å². The fourth-order valence-corrected chi connectivity index (χ4v) is 2.48. The average molecular weight is 257 g/mol. The summed E-state index contributed by atoms with van der Waals surface area (Å²) in [7, 11) is 0. The van der Waals surface area contributed by atoms with Crippen molar-refractivity contribution in [2.24, 2.45) is 5.92 Å². The monoisotopic (exact) mass is 257 g/mol. The molecule has 0 spiro atoms. The predicted octanol–water partition coefficient (Wildman–Crippen LogP) is 1.86. The molecule has 1 rings (SSSR count). The minimum Gasteiger partial charge on any atom is -0.466 e. The Hall–Kier alpha value is -0.610. The van der Waals surface area contributed by atoms with Crippen LogP contribution in [0.15, 0.2) is 0 Å². The maximum atomic E-state index is 11.2. The first-order valence-corrected chi connectivity index (χ1v) is 7.18. The summed E-state index contributed by atoms with van der Waals surface area (Å²) < 4.78 is 4.81. The first kappa shape index (κ1) is 15.4. The minimum atomic E-state index is -0.635. The first-order valence-electron chi connectivity index (χ1n) is 7.18. The Kier molecular flexibility index (Phi) is 7.28. The van der Waals surface area contributed by atoms with Crippen LogP contribution in [-0.4, -0.2) is 36.4 Å². The minimum absolute atomic E-state index is 0.0873. The van der Waals surface area contributed by atoms with Crippen molar-refractivity contribution in [2.45, 2.75) is 64.5 Å². The number of esters is 1. The van der Waals surface area contributed by atoms with Gasteiger partial charge >= 0.3 is 5.97 Å². The average Bonchev–Trinajstić information content (AvgIpc) is 2.52. The molecule has 4 heteroatoms. The van der Waals surface area contributed by atoms with Gasteiger partial charge in [-0.1, -0.05) is 19.8 Å². The molecular weight excluding hydrogens is 230 g/mol. The van der Waals surface area contributed by atoms with E-state index in [1.54, 1.807) is 6.92 Å². The third-order valence-corrected chi connectivity index (χ3v) is 3.61. The number of rotatable bonds is 6. The number of aliphatic hydroxyl groups excluding tert-OH is 1. The summed E-state index contributed by atoms with van der Waals surface area (Å²) in [6.07, 6.45) is 5.63. The largest absolute Gasteiger partial charge is 0.466 e. The fraction of sp³-hybridized carbons (Fsp3) is 0.929. The lowest BCUT2D eigenvalue weighted by atomic mass is 10.0. The Morgan fingerprint density at radius 1 is 1.39 bits per heavy atom. The molecule has 1 aliphatic carbocycles. The lowest BCUT2D eigenvalue weighted by Crippen LogP contribution is -2.36. The summed E-state index contributed by atoms with van der Waals surface area (Å²) in [5.74, 6) is 0.502. The van der Waals surface area contributed by atoms with Gasteiger partial charge in [-0.2, -0.15) is 0 Å². The van der Waals surface area contributed by atoms with Crippen LogP contribution in [0, 0.1) is 5.92 Å². The maximum Gasteiger partial charge on any atom is 0.308 e. The number of carbonyl (C=O) groups is 1.